The van der Waals surface area contributed by atoms with Gasteiger partial charge < -0.3 is 5.11 Å². The zero-order valence-corrected chi connectivity index (χ0v) is 10.4. The van der Waals surface area contributed by atoms with Gasteiger partial charge >= 0.3 is 0 Å². The van der Waals surface area contributed by atoms with Gasteiger partial charge in [-0.2, -0.15) is 0 Å². The van der Waals surface area contributed by atoms with Crippen LogP contribution in [0.3, 0.4) is 0 Å². The van der Waals surface area contributed by atoms with E-state index in [1.165, 1.54) is 5.56 Å². The summed E-state index contributed by atoms with van der Waals surface area (Å²) >= 11 is 0. The SMILES string of the molecule is CCCc1ccc(C(O)C(CC)C(F)F)cc1. The van der Waals surface area contributed by atoms with Crippen LogP contribution in [0.15, 0.2) is 24.3 Å². The molecule has 0 bridgehead atoms. The molecule has 1 rings (SSSR count). The molecule has 0 aliphatic heterocycles. The fourth-order valence-electron chi connectivity index (χ4n) is 1.96. The van der Waals surface area contributed by atoms with Gasteiger partial charge in [-0.3, -0.25) is 0 Å². The van der Waals surface area contributed by atoms with Crippen molar-refractivity contribution in [1.82, 2.24) is 0 Å². The van der Waals surface area contributed by atoms with Gasteiger partial charge in [0.05, 0.1) is 6.10 Å². The summed E-state index contributed by atoms with van der Waals surface area (Å²) in [6.07, 6.45) is -1.25. The van der Waals surface area contributed by atoms with Crippen LogP contribution in [0.5, 0.6) is 0 Å². The number of halogens is 2. The van der Waals surface area contributed by atoms with Gasteiger partial charge in [-0.05, 0) is 24.0 Å². The Balaban J connectivity index is 2.77. The van der Waals surface area contributed by atoms with Crippen molar-refractivity contribution in [3.05, 3.63) is 35.4 Å². The number of aliphatic hydroxyl groups excluding tert-OH is 1. The second-order valence-electron chi connectivity index (χ2n) is 4.34. The molecular formula is C14H20F2O. The van der Waals surface area contributed by atoms with Crippen LogP contribution in [-0.2, 0) is 6.42 Å². The lowest BCUT2D eigenvalue weighted by Crippen LogP contribution is -2.19. The molecular weight excluding hydrogens is 222 g/mol. The van der Waals surface area contributed by atoms with Crippen molar-refractivity contribution in [2.24, 2.45) is 5.92 Å². The highest BCUT2D eigenvalue weighted by molar-refractivity contribution is 5.24. The second kappa shape index (κ2) is 6.70. The summed E-state index contributed by atoms with van der Waals surface area (Å²) in [4.78, 5) is 0. The molecule has 1 aromatic carbocycles. The van der Waals surface area contributed by atoms with Crippen LogP contribution in [0.25, 0.3) is 0 Å². The summed E-state index contributed by atoms with van der Waals surface area (Å²) in [6, 6.07) is 7.31. The maximum Gasteiger partial charge on any atom is 0.244 e. The molecule has 0 spiro atoms. The molecule has 0 aliphatic rings. The first-order chi connectivity index (χ1) is 8.10. The molecule has 1 N–H and O–H groups in total. The van der Waals surface area contributed by atoms with Gasteiger partial charge in [0.15, 0.2) is 0 Å². The minimum Gasteiger partial charge on any atom is -0.388 e. The van der Waals surface area contributed by atoms with Gasteiger partial charge in [0.1, 0.15) is 0 Å². The van der Waals surface area contributed by atoms with Crippen LogP contribution in [-0.4, -0.2) is 11.5 Å². The van der Waals surface area contributed by atoms with Crippen LogP contribution in [0.4, 0.5) is 8.78 Å². The number of aryl methyl sites for hydroxylation is 1. The van der Waals surface area contributed by atoms with Crippen molar-refractivity contribution in [1.29, 1.82) is 0 Å². The van der Waals surface area contributed by atoms with E-state index in [9.17, 15) is 13.9 Å². The lowest BCUT2D eigenvalue weighted by atomic mass is 9.93. The number of hydrogen-bond acceptors (Lipinski definition) is 1. The van der Waals surface area contributed by atoms with Crippen molar-refractivity contribution in [3.8, 4) is 0 Å². The molecule has 0 fully saturated rings. The molecule has 0 saturated heterocycles. The van der Waals surface area contributed by atoms with E-state index in [1.807, 2.05) is 12.1 Å². The van der Waals surface area contributed by atoms with Crippen molar-refractivity contribution in [2.45, 2.75) is 45.6 Å². The van der Waals surface area contributed by atoms with E-state index in [2.05, 4.69) is 6.92 Å². The molecule has 0 heterocycles. The Morgan fingerprint density at radius 3 is 2.12 bits per heavy atom. The Hall–Kier alpha value is -0.960. The summed E-state index contributed by atoms with van der Waals surface area (Å²) in [5.41, 5.74) is 1.76. The van der Waals surface area contributed by atoms with E-state index in [4.69, 9.17) is 0 Å². The Bertz CT molecular complexity index is 321. The summed E-state index contributed by atoms with van der Waals surface area (Å²) in [6.45, 7) is 3.76. The van der Waals surface area contributed by atoms with Crippen LogP contribution in [0, 0.1) is 5.92 Å². The van der Waals surface area contributed by atoms with Crippen LogP contribution in [0.1, 0.15) is 43.9 Å². The highest BCUT2D eigenvalue weighted by Gasteiger charge is 2.27. The first-order valence-corrected chi connectivity index (χ1v) is 6.15. The molecule has 0 saturated carbocycles. The zero-order chi connectivity index (χ0) is 12.8. The largest absolute Gasteiger partial charge is 0.388 e. The van der Waals surface area contributed by atoms with Gasteiger partial charge in [-0.15, -0.1) is 0 Å². The average Bonchev–Trinajstić information content (AvgIpc) is 2.30. The van der Waals surface area contributed by atoms with Gasteiger partial charge in [-0.25, -0.2) is 8.78 Å². The molecule has 2 atom stereocenters. The van der Waals surface area contributed by atoms with E-state index in [0.29, 0.717) is 5.56 Å². The molecule has 2 unspecified atom stereocenters. The van der Waals surface area contributed by atoms with Crippen molar-refractivity contribution < 1.29 is 13.9 Å². The van der Waals surface area contributed by atoms with Crippen molar-refractivity contribution >= 4 is 0 Å². The number of benzene rings is 1. The molecule has 0 radical (unpaired) electrons. The molecule has 1 nitrogen and oxygen atoms in total. The summed E-state index contributed by atoms with van der Waals surface area (Å²) in [7, 11) is 0. The first-order valence-electron chi connectivity index (χ1n) is 6.15. The number of aliphatic hydroxyl groups is 1. The third kappa shape index (κ3) is 3.77. The van der Waals surface area contributed by atoms with E-state index >= 15 is 0 Å². The van der Waals surface area contributed by atoms with Crippen LogP contribution >= 0.6 is 0 Å². The molecule has 96 valence electrons. The molecule has 0 amide bonds. The third-order valence-electron chi connectivity index (χ3n) is 3.06. The lowest BCUT2D eigenvalue weighted by molar-refractivity contribution is -0.0110. The highest BCUT2D eigenvalue weighted by Crippen LogP contribution is 2.29. The number of hydrogen-bond donors (Lipinski definition) is 1. The van der Waals surface area contributed by atoms with Crippen LogP contribution in [0.2, 0.25) is 0 Å². The minimum atomic E-state index is -2.48. The smallest absolute Gasteiger partial charge is 0.244 e. The van der Waals surface area contributed by atoms with Crippen molar-refractivity contribution in [2.75, 3.05) is 0 Å². The lowest BCUT2D eigenvalue weighted by Gasteiger charge is -2.21. The average molecular weight is 242 g/mol. The maximum atomic E-state index is 12.7. The monoisotopic (exact) mass is 242 g/mol. The first kappa shape index (κ1) is 14.1. The van der Waals surface area contributed by atoms with Gasteiger partial charge in [0.2, 0.25) is 6.43 Å². The quantitative estimate of drug-likeness (QED) is 0.800. The van der Waals surface area contributed by atoms with Gasteiger partial charge in [-0.1, -0.05) is 44.5 Å². The highest BCUT2D eigenvalue weighted by atomic mass is 19.3. The summed E-state index contributed by atoms with van der Waals surface area (Å²) in [5, 5.41) is 9.89. The maximum absolute atomic E-state index is 12.7. The normalized spacial score (nSPS) is 14.9. The van der Waals surface area contributed by atoms with E-state index < -0.39 is 18.4 Å². The fourth-order valence-corrected chi connectivity index (χ4v) is 1.96. The van der Waals surface area contributed by atoms with Gasteiger partial charge in [0, 0.05) is 5.92 Å². The van der Waals surface area contributed by atoms with Crippen LogP contribution < -0.4 is 0 Å². The minimum absolute atomic E-state index is 0.273. The van der Waals surface area contributed by atoms with E-state index in [1.54, 1.807) is 19.1 Å². The Morgan fingerprint density at radius 2 is 1.71 bits per heavy atom. The summed E-state index contributed by atoms with van der Waals surface area (Å²) in [5.74, 6) is -0.980. The second-order valence-corrected chi connectivity index (χ2v) is 4.34. The van der Waals surface area contributed by atoms with Crippen molar-refractivity contribution in [3.63, 3.8) is 0 Å². The Labute approximate surface area is 101 Å². The van der Waals surface area contributed by atoms with Gasteiger partial charge in [0.25, 0.3) is 0 Å². The Morgan fingerprint density at radius 1 is 1.12 bits per heavy atom. The molecule has 17 heavy (non-hydrogen) atoms. The molecule has 1 aromatic rings. The predicted molar refractivity (Wildman–Crippen MR) is 65.2 cm³/mol. The zero-order valence-electron chi connectivity index (χ0n) is 10.4. The number of rotatable bonds is 6. The number of alkyl halides is 2. The summed E-state index contributed by atoms with van der Waals surface area (Å²) < 4.78 is 25.4. The van der Waals surface area contributed by atoms with E-state index in [0.717, 1.165) is 12.8 Å². The molecule has 3 heteroatoms. The molecule has 0 aliphatic carbocycles. The third-order valence-corrected chi connectivity index (χ3v) is 3.06. The van der Waals surface area contributed by atoms with E-state index in [-0.39, 0.29) is 6.42 Å². The predicted octanol–water partition coefficient (Wildman–Crippen LogP) is 3.96. The topological polar surface area (TPSA) is 20.2 Å². The standard InChI is InChI=1S/C14H20F2O/c1-3-5-10-6-8-11(9-7-10)13(17)12(4-2)14(15)16/h6-9,12-14,17H,3-5H2,1-2H3. The fraction of sp³-hybridized carbons (Fsp3) is 0.571. The molecule has 0 aromatic heterocycles. The Kier molecular flexibility index (Phi) is 5.56.